The van der Waals surface area contributed by atoms with Crippen molar-refractivity contribution in [3.8, 4) is 22.8 Å². The Morgan fingerprint density at radius 2 is 1.76 bits per heavy atom. The Hall–Kier alpha value is -3.06. The first-order valence-electron chi connectivity index (χ1n) is 12.4. The number of aromatic amines is 1. The van der Waals surface area contributed by atoms with Crippen LogP contribution in [0.3, 0.4) is 0 Å². The van der Waals surface area contributed by atoms with Gasteiger partial charge in [0.2, 0.25) is 5.91 Å². The summed E-state index contributed by atoms with van der Waals surface area (Å²) in [6.07, 6.45) is 7.62. The molecule has 2 aliphatic rings. The third kappa shape index (κ3) is 4.75. The molecule has 3 aromatic rings. The molecule has 2 aliphatic heterocycles. The van der Waals surface area contributed by atoms with Crippen molar-refractivity contribution < 1.29 is 14.3 Å². The van der Waals surface area contributed by atoms with Gasteiger partial charge in [-0.25, -0.2) is 0 Å². The normalized spacial score (nSPS) is 17.8. The van der Waals surface area contributed by atoms with Gasteiger partial charge in [0.1, 0.15) is 0 Å². The van der Waals surface area contributed by atoms with Crippen LogP contribution in [0.4, 0.5) is 0 Å². The Morgan fingerprint density at radius 3 is 2.50 bits per heavy atom. The first-order valence-corrected chi connectivity index (χ1v) is 12.4. The van der Waals surface area contributed by atoms with Crippen molar-refractivity contribution in [2.45, 2.75) is 38.0 Å². The molecule has 7 nitrogen and oxygen atoms in total. The smallest absolute Gasteiger partial charge is 0.236 e. The maximum atomic E-state index is 12.8. The van der Waals surface area contributed by atoms with Gasteiger partial charge in [-0.05, 0) is 69.1 Å². The zero-order valence-electron chi connectivity index (χ0n) is 20.2. The van der Waals surface area contributed by atoms with Crippen LogP contribution < -0.4 is 9.47 Å². The monoisotopic (exact) mass is 462 g/mol. The second kappa shape index (κ2) is 10.1. The minimum absolute atomic E-state index is 0.285. The zero-order chi connectivity index (χ0) is 23.5. The summed E-state index contributed by atoms with van der Waals surface area (Å²) in [5.41, 5.74) is 4.25. The molecule has 1 amide bonds. The van der Waals surface area contributed by atoms with E-state index in [1.54, 1.807) is 14.2 Å². The van der Waals surface area contributed by atoms with Crippen molar-refractivity contribution in [1.29, 1.82) is 0 Å². The SMILES string of the molecule is COc1ccc(-c2cc3cnc(C4CCN(C(=O)CN5CCCCC5)CC4)cc3[nH]2)cc1OC. The molecule has 0 atom stereocenters. The molecule has 2 fully saturated rings. The lowest BCUT2D eigenvalue weighted by Crippen LogP contribution is -2.45. The molecule has 0 unspecified atom stereocenters. The van der Waals surface area contributed by atoms with E-state index in [4.69, 9.17) is 14.5 Å². The Bertz CT molecular complexity index is 1140. The molecule has 0 saturated carbocycles. The van der Waals surface area contributed by atoms with Crippen LogP contribution in [0.5, 0.6) is 11.5 Å². The van der Waals surface area contributed by atoms with Crippen LogP contribution in [0.1, 0.15) is 43.7 Å². The highest BCUT2D eigenvalue weighted by Gasteiger charge is 2.26. The topological polar surface area (TPSA) is 70.7 Å². The van der Waals surface area contributed by atoms with E-state index in [1.807, 2.05) is 29.3 Å². The van der Waals surface area contributed by atoms with Gasteiger partial charge in [0.25, 0.3) is 0 Å². The van der Waals surface area contributed by atoms with Crippen LogP contribution in [-0.4, -0.2) is 72.6 Å². The molecule has 0 spiro atoms. The molecule has 180 valence electrons. The summed E-state index contributed by atoms with van der Waals surface area (Å²) in [6.45, 7) is 4.34. The maximum Gasteiger partial charge on any atom is 0.236 e. The number of hydrogen-bond acceptors (Lipinski definition) is 5. The van der Waals surface area contributed by atoms with Gasteiger partial charge in [-0.15, -0.1) is 0 Å². The van der Waals surface area contributed by atoms with Crippen LogP contribution in [0.2, 0.25) is 0 Å². The maximum absolute atomic E-state index is 12.8. The fourth-order valence-electron chi connectivity index (χ4n) is 5.26. The van der Waals surface area contributed by atoms with Crippen molar-refractivity contribution >= 4 is 16.8 Å². The quantitative estimate of drug-likeness (QED) is 0.587. The molecule has 4 heterocycles. The number of aromatic nitrogens is 2. The lowest BCUT2D eigenvalue weighted by Gasteiger charge is -2.34. The third-order valence-electron chi connectivity index (χ3n) is 7.29. The zero-order valence-corrected chi connectivity index (χ0v) is 20.2. The molecule has 34 heavy (non-hydrogen) atoms. The molecular formula is C27H34N4O3. The Labute approximate surface area is 201 Å². The van der Waals surface area contributed by atoms with Crippen molar-refractivity contribution in [2.24, 2.45) is 0 Å². The minimum Gasteiger partial charge on any atom is -0.493 e. The van der Waals surface area contributed by atoms with Gasteiger partial charge in [0.15, 0.2) is 11.5 Å². The minimum atomic E-state index is 0.285. The summed E-state index contributed by atoms with van der Waals surface area (Å²) in [5, 5.41) is 1.09. The standard InChI is InChI=1S/C27H34N4O3/c1-33-25-7-6-20(15-26(25)34-2)23-14-21-17-28-22(16-24(21)29-23)19-8-12-31(13-9-19)27(32)18-30-10-4-3-5-11-30/h6-7,14-17,19,29H,3-5,8-13,18H2,1-2H3. The van der Waals surface area contributed by atoms with E-state index in [1.165, 1.54) is 19.3 Å². The number of amides is 1. The Kier molecular flexibility index (Phi) is 6.72. The molecule has 0 aliphatic carbocycles. The van der Waals surface area contributed by atoms with E-state index in [0.29, 0.717) is 24.0 Å². The number of methoxy groups -OCH3 is 2. The number of likely N-dealkylation sites (tertiary alicyclic amines) is 2. The molecule has 5 rings (SSSR count). The number of piperidine rings is 2. The number of nitrogens with one attached hydrogen (secondary N) is 1. The number of nitrogens with zero attached hydrogens (tertiary/aromatic N) is 3. The van der Waals surface area contributed by atoms with Crippen molar-refractivity contribution in [3.05, 3.63) is 42.2 Å². The van der Waals surface area contributed by atoms with E-state index < -0.39 is 0 Å². The van der Waals surface area contributed by atoms with Crippen LogP contribution >= 0.6 is 0 Å². The third-order valence-corrected chi connectivity index (χ3v) is 7.29. The number of H-pyrrole nitrogens is 1. The van der Waals surface area contributed by atoms with Crippen LogP contribution in [-0.2, 0) is 4.79 Å². The summed E-state index contributed by atoms with van der Waals surface area (Å²) in [5.74, 6) is 2.09. The fraction of sp³-hybridized carbons (Fsp3) is 0.481. The van der Waals surface area contributed by atoms with E-state index in [9.17, 15) is 4.79 Å². The number of benzene rings is 1. The summed E-state index contributed by atoms with van der Waals surface area (Å²) >= 11 is 0. The number of rotatable bonds is 6. The molecule has 7 heteroatoms. The lowest BCUT2D eigenvalue weighted by atomic mass is 9.92. The second-order valence-electron chi connectivity index (χ2n) is 9.44. The van der Waals surface area contributed by atoms with E-state index in [0.717, 1.165) is 66.9 Å². The number of carbonyl (C=O) groups excluding carboxylic acids is 1. The summed E-state index contributed by atoms with van der Waals surface area (Å²) < 4.78 is 10.8. The fourth-order valence-corrected chi connectivity index (χ4v) is 5.26. The lowest BCUT2D eigenvalue weighted by molar-refractivity contribution is -0.133. The molecular weight excluding hydrogens is 428 g/mol. The molecule has 2 saturated heterocycles. The van der Waals surface area contributed by atoms with Gasteiger partial charge in [0.05, 0.1) is 20.8 Å². The Balaban J connectivity index is 1.25. The van der Waals surface area contributed by atoms with Crippen LogP contribution in [0, 0.1) is 0 Å². The average molecular weight is 463 g/mol. The summed E-state index contributed by atoms with van der Waals surface area (Å²) in [6, 6.07) is 10.2. The van der Waals surface area contributed by atoms with Gasteiger partial charge < -0.3 is 19.4 Å². The number of carbonyl (C=O) groups is 1. The highest BCUT2D eigenvalue weighted by atomic mass is 16.5. The Morgan fingerprint density at radius 1 is 1.00 bits per heavy atom. The van der Waals surface area contributed by atoms with Gasteiger partial charge in [0, 0.05) is 53.1 Å². The summed E-state index contributed by atoms with van der Waals surface area (Å²) in [7, 11) is 3.29. The second-order valence-corrected chi connectivity index (χ2v) is 9.44. The number of pyridine rings is 1. The largest absolute Gasteiger partial charge is 0.493 e. The predicted molar refractivity (Wildman–Crippen MR) is 133 cm³/mol. The van der Waals surface area contributed by atoms with Gasteiger partial charge in [-0.2, -0.15) is 0 Å². The van der Waals surface area contributed by atoms with E-state index >= 15 is 0 Å². The highest BCUT2D eigenvalue weighted by Crippen LogP contribution is 2.34. The van der Waals surface area contributed by atoms with Gasteiger partial charge >= 0.3 is 0 Å². The predicted octanol–water partition coefficient (Wildman–Crippen LogP) is 4.44. The highest BCUT2D eigenvalue weighted by molar-refractivity contribution is 5.86. The van der Waals surface area contributed by atoms with Crippen LogP contribution in [0.25, 0.3) is 22.2 Å². The van der Waals surface area contributed by atoms with Gasteiger partial charge in [-0.3, -0.25) is 14.7 Å². The van der Waals surface area contributed by atoms with Crippen molar-refractivity contribution in [1.82, 2.24) is 19.8 Å². The van der Waals surface area contributed by atoms with Crippen LogP contribution in [0.15, 0.2) is 36.5 Å². The number of hydrogen-bond donors (Lipinski definition) is 1. The molecule has 0 bridgehead atoms. The van der Waals surface area contributed by atoms with Gasteiger partial charge in [-0.1, -0.05) is 6.42 Å². The van der Waals surface area contributed by atoms with Crippen molar-refractivity contribution in [3.63, 3.8) is 0 Å². The first kappa shape index (κ1) is 22.7. The molecule has 1 N–H and O–H groups in total. The van der Waals surface area contributed by atoms with E-state index in [2.05, 4.69) is 22.0 Å². The molecule has 1 aromatic carbocycles. The molecule has 2 aromatic heterocycles. The summed E-state index contributed by atoms with van der Waals surface area (Å²) in [4.78, 5) is 25.4. The van der Waals surface area contributed by atoms with E-state index in [-0.39, 0.29) is 5.91 Å². The molecule has 0 radical (unpaired) electrons. The van der Waals surface area contributed by atoms with Crippen molar-refractivity contribution in [2.75, 3.05) is 46.9 Å². The first-order chi connectivity index (χ1) is 16.6. The number of fused-ring (bicyclic) bond motifs is 1. The average Bonchev–Trinajstić information content (AvgIpc) is 3.32. The number of ether oxygens (including phenoxy) is 2.